The molecule has 0 spiro atoms. The Morgan fingerprint density at radius 2 is 2.06 bits per heavy atom. The Balaban J connectivity index is 1.85. The predicted molar refractivity (Wildman–Crippen MR) is 110 cm³/mol. The maximum Gasteiger partial charge on any atom is 0.343 e. The third-order valence-corrected chi connectivity index (χ3v) is 6.42. The lowest BCUT2D eigenvalue weighted by Gasteiger charge is -2.31. The smallest absolute Gasteiger partial charge is 0.343 e. The molecule has 2 aliphatic rings. The molecule has 0 radical (unpaired) electrons. The Bertz CT molecular complexity index is 1350. The molecule has 0 unspecified atom stereocenters. The van der Waals surface area contributed by atoms with Crippen molar-refractivity contribution in [2.24, 2.45) is 0 Å². The molecule has 0 fully saturated rings. The normalized spacial score (nSPS) is 19.1. The SMILES string of the molecule is CCc1ccc(OC)c2c(F)c3c(nc12)-c1cc2c(c(=O)n1C3)COC(=O)[C@]2(O)CC. The number of carbonyl (C=O) groups excluding carboxylic acids is 1. The zero-order valence-corrected chi connectivity index (χ0v) is 17.4. The number of pyridine rings is 2. The van der Waals surface area contributed by atoms with E-state index in [1.54, 1.807) is 19.1 Å². The number of halogens is 1. The fourth-order valence-electron chi connectivity index (χ4n) is 4.61. The first-order valence-corrected chi connectivity index (χ1v) is 10.2. The average molecular weight is 424 g/mol. The standard InChI is InChI=1S/C23H21FN2O5/c1-4-11-6-7-16(30-3)17-18(24)12-9-26-15(20(12)25-19(11)17)8-14-13(21(26)27)10-31-22(28)23(14,29)5-2/h6-8,29H,4-5,9-10H2,1-3H3/t23-/m0/s1. The lowest BCUT2D eigenvalue weighted by molar-refractivity contribution is -0.172. The van der Waals surface area contributed by atoms with Gasteiger partial charge < -0.3 is 19.1 Å². The number of benzene rings is 1. The van der Waals surface area contributed by atoms with Gasteiger partial charge in [-0.3, -0.25) is 4.79 Å². The molecule has 0 bridgehead atoms. The van der Waals surface area contributed by atoms with Crippen LogP contribution in [0, 0.1) is 5.82 Å². The van der Waals surface area contributed by atoms with Crippen LogP contribution in [0.5, 0.6) is 5.75 Å². The number of carbonyl (C=O) groups is 1. The van der Waals surface area contributed by atoms with Crippen LogP contribution < -0.4 is 10.3 Å². The highest BCUT2D eigenvalue weighted by Crippen LogP contribution is 2.41. The van der Waals surface area contributed by atoms with E-state index < -0.39 is 22.9 Å². The van der Waals surface area contributed by atoms with Crippen LogP contribution in [0.25, 0.3) is 22.3 Å². The van der Waals surface area contributed by atoms with Crippen LogP contribution in [-0.2, 0) is 34.7 Å². The molecule has 4 heterocycles. The summed E-state index contributed by atoms with van der Waals surface area (Å²) in [7, 11) is 1.48. The highest BCUT2D eigenvalue weighted by molar-refractivity contribution is 5.92. The van der Waals surface area contributed by atoms with Crippen molar-refractivity contribution in [2.75, 3.05) is 7.11 Å². The van der Waals surface area contributed by atoms with E-state index >= 15 is 4.39 Å². The molecule has 1 atom stereocenters. The Hall–Kier alpha value is -3.26. The highest BCUT2D eigenvalue weighted by atomic mass is 19.1. The molecular weight excluding hydrogens is 403 g/mol. The van der Waals surface area contributed by atoms with Crippen molar-refractivity contribution in [3.63, 3.8) is 0 Å². The van der Waals surface area contributed by atoms with Crippen LogP contribution in [0.1, 0.15) is 42.5 Å². The summed E-state index contributed by atoms with van der Waals surface area (Å²) in [5.74, 6) is -0.894. The van der Waals surface area contributed by atoms with Gasteiger partial charge in [0, 0.05) is 11.1 Å². The fourth-order valence-corrected chi connectivity index (χ4v) is 4.61. The zero-order chi connectivity index (χ0) is 22.1. The predicted octanol–water partition coefficient (Wildman–Crippen LogP) is 2.79. The number of aryl methyl sites for hydroxylation is 1. The first-order chi connectivity index (χ1) is 14.8. The van der Waals surface area contributed by atoms with Crippen LogP contribution in [0.2, 0.25) is 0 Å². The van der Waals surface area contributed by atoms with Crippen molar-refractivity contribution in [3.05, 3.63) is 56.6 Å². The molecule has 0 aliphatic carbocycles. The van der Waals surface area contributed by atoms with E-state index in [1.165, 1.54) is 11.7 Å². The Morgan fingerprint density at radius 3 is 2.74 bits per heavy atom. The van der Waals surface area contributed by atoms with Gasteiger partial charge in [-0.05, 0) is 30.5 Å². The summed E-state index contributed by atoms with van der Waals surface area (Å²) in [4.78, 5) is 30.2. The Labute approximate surface area is 177 Å². The van der Waals surface area contributed by atoms with Gasteiger partial charge in [0.05, 0.1) is 41.5 Å². The minimum Gasteiger partial charge on any atom is -0.496 e. The Morgan fingerprint density at radius 1 is 1.29 bits per heavy atom. The van der Waals surface area contributed by atoms with Crippen molar-refractivity contribution in [1.82, 2.24) is 9.55 Å². The fraction of sp³-hybridized carbons (Fsp3) is 0.348. The summed E-state index contributed by atoms with van der Waals surface area (Å²) in [6.45, 7) is 3.37. The number of hydrogen-bond acceptors (Lipinski definition) is 6. The van der Waals surface area contributed by atoms with Gasteiger partial charge >= 0.3 is 5.97 Å². The summed E-state index contributed by atoms with van der Waals surface area (Å²) < 4.78 is 27.6. The third-order valence-electron chi connectivity index (χ3n) is 6.42. The van der Waals surface area contributed by atoms with Crippen LogP contribution in [0.3, 0.4) is 0 Å². The topological polar surface area (TPSA) is 90.6 Å². The molecule has 1 aromatic carbocycles. The van der Waals surface area contributed by atoms with Crippen molar-refractivity contribution in [2.45, 2.75) is 45.4 Å². The summed E-state index contributed by atoms with van der Waals surface area (Å²) >= 11 is 0. The molecule has 7 nitrogen and oxygen atoms in total. The van der Waals surface area contributed by atoms with E-state index in [2.05, 4.69) is 0 Å². The van der Waals surface area contributed by atoms with Gasteiger partial charge in [0.15, 0.2) is 5.60 Å². The first-order valence-electron chi connectivity index (χ1n) is 10.2. The third kappa shape index (κ3) is 2.45. The lowest BCUT2D eigenvalue weighted by atomic mass is 9.86. The minimum atomic E-state index is -1.92. The summed E-state index contributed by atoms with van der Waals surface area (Å²) in [6.07, 6.45) is 0.690. The number of fused-ring (bicyclic) bond motifs is 5. The van der Waals surface area contributed by atoms with Crippen LogP contribution in [-0.4, -0.2) is 27.7 Å². The molecule has 160 valence electrons. The second kappa shape index (κ2) is 6.62. The van der Waals surface area contributed by atoms with Gasteiger partial charge in [0.2, 0.25) is 0 Å². The number of nitrogens with zero attached hydrogens (tertiary/aromatic N) is 2. The second-order valence-corrected chi connectivity index (χ2v) is 7.86. The van der Waals surface area contributed by atoms with Gasteiger partial charge in [0.1, 0.15) is 18.2 Å². The van der Waals surface area contributed by atoms with Gasteiger partial charge in [0.25, 0.3) is 5.56 Å². The molecule has 0 saturated heterocycles. The van der Waals surface area contributed by atoms with Gasteiger partial charge in [-0.2, -0.15) is 0 Å². The molecular formula is C23H21FN2O5. The molecule has 2 aliphatic heterocycles. The molecule has 31 heavy (non-hydrogen) atoms. The molecule has 1 N–H and O–H groups in total. The van der Waals surface area contributed by atoms with Gasteiger partial charge in [-0.15, -0.1) is 0 Å². The quantitative estimate of drug-likeness (QED) is 0.509. The molecule has 8 heteroatoms. The van der Waals surface area contributed by atoms with E-state index in [4.69, 9.17) is 14.5 Å². The molecule has 0 saturated carbocycles. The number of aliphatic hydroxyl groups is 1. The van der Waals surface area contributed by atoms with Crippen molar-refractivity contribution >= 4 is 16.9 Å². The van der Waals surface area contributed by atoms with E-state index in [9.17, 15) is 14.7 Å². The van der Waals surface area contributed by atoms with Crippen molar-refractivity contribution in [1.29, 1.82) is 0 Å². The largest absolute Gasteiger partial charge is 0.496 e. The number of ether oxygens (including phenoxy) is 2. The monoisotopic (exact) mass is 424 g/mol. The van der Waals surface area contributed by atoms with E-state index in [0.29, 0.717) is 29.1 Å². The minimum absolute atomic E-state index is 0.00353. The maximum atomic E-state index is 15.7. The summed E-state index contributed by atoms with van der Waals surface area (Å²) in [6, 6.07) is 5.15. The van der Waals surface area contributed by atoms with E-state index in [-0.39, 0.29) is 41.6 Å². The number of cyclic esters (lactones) is 1. The molecule has 0 amide bonds. The van der Waals surface area contributed by atoms with Crippen molar-refractivity contribution < 1.29 is 23.8 Å². The van der Waals surface area contributed by atoms with Crippen LogP contribution >= 0.6 is 0 Å². The lowest BCUT2D eigenvalue weighted by Crippen LogP contribution is -2.44. The maximum absolute atomic E-state index is 15.7. The highest BCUT2D eigenvalue weighted by Gasteiger charge is 2.45. The number of rotatable bonds is 3. The Kier molecular flexibility index (Phi) is 4.20. The van der Waals surface area contributed by atoms with Crippen LogP contribution in [0.4, 0.5) is 4.39 Å². The molecule has 2 aromatic heterocycles. The van der Waals surface area contributed by atoms with E-state index in [0.717, 1.165) is 5.56 Å². The molecule has 3 aromatic rings. The van der Waals surface area contributed by atoms with E-state index in [1.807, 2.05) is 13.0 Å². The second-order valence-electron chi connectivity index (χ2n) is 7.86. The zero-order valence-electron chi connectivity index (χ0n) is 17.4. The summed E-state index contributed by atoms with van der Waals surface area (Å²) in [5, 5.41) is 11.2. The van der Waals surface area contributed by atoms with Gasteiger partial charge in [-0.25, -0.2) is 14.2 Å². The number of esters is 1. The number of aromatic nitrogens is 2. The van der Waals surface area contributed by atoms with Crippen molar-refractivity contribution in [3.8, 4) is 17.1 Å². The van der Waals surface area contributed by atoms with Gasteiger partial charge in [-0.1, -0.05) is 19.9 Å². The number of methoxy groups -OCH3 is 1. The first kappa shape index (κ1) is 19.7. The van der Waals surface area contributed by atoms with Crippen LogP contribution in [0.15, 0.2) is 23.0 Å². The summed E-state index contributed by atoms with van der Waals surface area (Å²) in [5.41, 5.74) is 0.402. The number of hydrogen-bond donors (Lipinski definition) is 1. The molecule has 5 rings (SSSR count). The average Bonchev–Trinajstić information content (AvgIpc) is 3.15.